The number of para-hydroxylation sites is 4. The van der Waals surface area contributed by atoms with Crippen LogP contribution in [0, 0.1) is 0 Å². The van der Waals surface area contributed by atoms with Crippen LogP contribution in [0.4, 0.5) is 0 Å². The molecule has 10 aromatic rings. The van der Waals surface area contributed by atoms with E-state index in [1.54, 1.807) is 0 Å². The van der Waals surface area contributed by atoms with Gasteiger partial charge in [-0.1, -0.05) is 97.1 Å². The summed E-state index contributed by atoms with van der Waals surface area (Å²) in [5.41, 5.74) is 9.83. The van der Waals surface area contributed by atoms with E-state index in [1.807, 2.05) is 22.7 Å². The van der Waals surface area contributed by atoms with E-state index in [0.29, 0.717) is 0 Å². The second-order valence-electron chi connectivity index (χ2n) is 11.8. The Hall–Kier alpha value is -5.42. The lowest BCUT2D eigenvalue weighted by Gasteiger charge is -2.09. The summed E-state index contributed by atoms with van der Waals surface area (Å²) in [5.74, 6) is 0. The predicted molar refractivity (Wildman–Crippen MR) is 199 cm³/mol. The molecule has 0 bridgehead atoms. The number of nitrogens with zero attached hydrogens (tertiary/aromatic N) is 2. The molecule has 4 heterocycles. The van der Waals surface area contributed by atoms with E-state index in [0.717, 1.165) is 0 Å². The average molecular weight is 623 g/mol. The maximum atomic E-state index is 2.40. The molecule has 6 aromatic carbocycles. The minimum absolute atomic E-state index is 1.19. The normalized spacial score (nSPS) is 11.9. The highest BCUT2D eigenvalue weighted by Gasteiger charge is 2.16. The van der Waals surface area contributed by atoms with Crippen LogP contribution in [0.3, 0.4) is 0 Å². The van der Waals surface area contributed by atoms with Gasteiger partial charge >= 0.3 is 0 Å². The van der Waals surface area contributed by atoms with E-state index in [4.69, 9.17) is 0 Å². The van der Waals surface area contributed by atoms with Crippen LogP contribution in [-0.4, -0.2) is 9.13 Å². The SMILES string of the molecule is c1cc(-c2cc3sc(-c4cccc(-n5c6ccccc6c6ccccc65)c4)cc3s2)cc(-n2c3ccccc3c3ccccc32)c1. The van der Waals surface area contributed by atoms with E-state index >= 15 is 0 Å². The van der Waals surface area contributed by atoms with Gasteiger partial charge < -0.3 is 9.13 Å². The molecule has 0 saturated carbocycles. The molecule has 0 aliphatic rings. The molecule has 0 fully saturated rings. The van der Waals surface area contributed by atoms with Crippen molar-refractivity contribution in [3.8, 4) is 32.3 Å². The molecule has 0 atom stereocenters. The standard InChI is InChI=1S/C42H26N2S2/c1-5-19-35-31(15-1)32-16-2-6-20-36(32)43(35)29-13-9-11-27(23-29)39-25-41-42(45-39)26-40(46-41)28-12-10-14-30(24-28)44-37-21-7-3-17-33(37)34-18-4-8-22-38(34)44/h1-26H. The Morgan fingerprint density at radius 1 is 0.326 bits per heavy atom. The third-order valence-corrected chi connectivity index (χ3v) is 11.5. The van der Waals surface area contributed by atoms with E-state index in [-0.39, 0.29) is 0 Å². The molecule has 0 aliphatic carbocycles. The van der Waals surface area contributed by atoms with Gasteiger partial charge in [-0.15, -0.1) is 22.7 Å². The first-order valence-corrected chi connectivity index (χ1v) is 17.1. The number of hydrogen-bond acceptors (Lipinski definition) is 2. The molecule has 4 heteroatoms. The molecule has 2 nitrogen and oxygen atoms in total. The van der Waals surface area contributed by atoms with E-state index < -0.39 is 0 Å². The molecule has 4 aromatic heterocycles. The molecule has 0 spiro atoms. The first kappa shape index (κ1) is 25.9. The summed E-state index contributed by atoms with van der Waals surface area (Å²) in [7, 11) is 0. The van der Waals surface area contributed by atoms with Crippen LogP contribution in [0.15, 0.2) is 158 Å². The van der Waals surface area contributed by atoms with Crippen LogP contribution in [0.1, 0.15) is 0 Å². The summed E-state index contributed by atoms with van der Waals surface area (Å²) in [4.78, 5) is 2.60. The molecule has 0 aliphatic heterocycles. The van der Waals surface area contributed by atoms with E-state index in [9.17, 15) is 0 Å². The summed E-state index contributed by atoms with van der Waals surface area (Å²) >= 11 is 3.76. The lowest BCUT2D eigenvalue weighted by Crippen LogP contribution is -1.93. The average Bonchev–Trinajstić information content (AvgIpc) is 3.87. The van der Waals surface area contributed by atoms with Gasteiger partial charge in [0.15, 0.2) is 0 Å². The Morgan fingerprint density at radius 3 is 1.04 bits per heavy atom. The molecule has 0 radical (unpaired) electrons. The van der Waals surface area contributed by atoms with Crippen LogP contribution >= 0.6 is 22.7 Å². The number of fused-ring (bicyclic) bond motifs is 7. The molecule has 0 amide bonds. The van der Waals surface area contributed by atoms with Crippen LogP contribution in [-0.2, 0) is 0 Å². The Kier molecular flexibility index (Phi) is 5.65. The molecule has 0 unspecified atom stereocenters. The lowest BCUT2D eigenvalue weighted by molar-refractivity contribution is 1.18. The first-order valence-electron chi connectivity index (χ1n) is 15.5. The number of thiophene rings is 2. The first-order chi connectivity index (χ1) is 22.8. The minimum Gasteiger partial charge on any atom is -0.309 e. The maximum Gasteiger partial charge on any atom is 0.0541 e. The zero-order valence-electron chi connectivity index (χ0n) is 24.7. The van der Waals surface area contributed by atoms with Crippen molar-refractivity contribution in [3.05, 3.63) is 158 Å². The van der Waals surface area contributed by atoms with Crippen LogP contribution in [0.5, 0.6) is 0 Å². The molecule has 10 rings (SSSR count). The van der Waals surface area contributed by atoms with Crippen molar-refractivity contribution < 1.29 is 0 Å². The Labute approximate surface area is 273 Å². The Balaban J connectivity index is 1.04. The van der Waals surface area contributed by atoms with Gasteiger partial charge in [0, 0.05) is 52.1 Å². The fraction of sp³-hybridized carbons (Fsp3) is 0. The van der Waals surface area contributed by atoms with E-state index in [2.05, 4.69) is 167 Å². The maximum absolute atomic E-state index is 2.40. The molecule has 46 heavy (non-hydrogen) atoms. The number of hydrogen-bond donors (Lipinski definition) is 0. The summed E-state index contributed by atoms with van der Waals surface area (Å²) in [5, 5.41) is 5.15. The third kappa shape index (κ3) is 3.87. The zero-order chi connectivity index (χ0) is 30.2. The van der Waals surface area contributed by atoms with Crippen molar-refractivity contribution in [2.75, 3.05) is 0 Å². The fourth-order valence-corrected chi connectivity index (χ4v) is 9.51. The van der Waals surface area contributed by atoms with Crippen LogP contribution < -0.4 is 0 Å². The largest absolute Gasteiger partial charge is 0.309 e. The number of aromatic nitrogens is 2. The summed E-state index contributed by atoms with van der Waals surface area (Å²) in [6.07, 6.45) is 0. The van der Waals surface area contributed by atoms with Gasteiger partial charge in [-0.2, -0.15) is 0 Å². The molecule has 0 saturated heterocycles. The van der Waals surface area contributed by atoms with Crippen molar-refractivity contribution >= 4 is 75.7 Å². The van der Waals surface area contributed by atoms with Gasteiger partial charge in [0.05, 0.1) is 22.1 Å². The van der Waals surface area contributed by atoms with Gasteiger partial charge in [0.1, 0.15) is 0 Å². The Bertz CT molecular complexity index is 2440. The summed E-state index contributed by atoms with van der Waals surface area (Å²) in [6, 6.07) is 57.5. The lowest BCUT2D eigenvalue weighted by atomic mass is 10.1. The quantitative estimate of drug-likeness (QED) is 0.185. The molecular weight excluding hydrogens is 597 g/mol. The summed E-state index contributed by atoms with van der Waals surface area (Å²) in [6.45, 7) is 0. The number of rotatable bonds is 4. The van der Waals surface area contributed by atoms with Gasteiger partial charge in [-0.25, -0.2) is 0 Å². The van der Waals surface area contributed by atoms with Gasteiger partial charge in [-0.05, 0) is 71.8 Å². The van der Waals surface area contributed by atoms with Gasteiger partial charge in [-0.3, -0.25) is 0 Å². The third-order valence-electron chi connectivity index (χ3n) is 9.14. The van der Waals surface area contributed by atoms with Gasteiger partial charge in [0.2, 0.25) is 0 Å². The van der Waals surface area contributed by atoms with Crippen molar-refractivity contribution in [3.63, 3.8) is 0 Å². The second kappa shape index (κ2) is 10.0. The Morgan fingerprint density at radius 2 is 0.674 bits per heavy atom. The molecular formula is C42H26N2S2. The highest BCUT2D eigenvalue weighted by molar-refractivity contribution is 7.31. The summed E-state index contributed by atoms with van der Waals surface area (Å²) < 4.78 is 7.46. The van der Waals surface area contributed by atoms with Crippen LogP contribution in [0.2, 0.25) is 0 Å². The smallest absolute Gasteiger partial charge is 0.0541 e. The monoisotopic (exact) mass is 622 g/mol. The second-order valence-corrected chi connectivity index (χ2v) is 14.0. The molecule has 0 N–H and O–H groups in total. The number of benzene rings is 6. The minimum atomic E-state index is 1.19. The van der Waals surface area contributed by atoms with Gasteiger partial charge in [0.25, 0.3) is 0 Å². The van der Waals surface area contributed by atoms with Crippen molar-refractivity contribution in [1.82, 2.24) is 9.13 Å². The van der Waals surface area contributed by atoms with Crippen LogP contribution in [0.25, 0.3) is 85.3 Å². The zero-order valence-corrected chi connectivity index (χ0v) is 26.4. The topological polar surface area (TPSA) is 9.86 Å². The highest BCUT2D eigenvalue weighted by Crippen LogP contribution is 2.43. The molecule has 216 valence electrons. The van der Waals surface area contributed by atoms with E-state index in [1.165, 1.54) is 85.3 Å². The van der Waals surface area contributed by atoms with Crippen molar-refractivity contribution in [1.29, 1.82) is 0 Å². The predicted octanol–water partition coefficient (Wildman–Crippen LogP) is 12.5. The van der Waals surface area contributed by atoms with Crippen molar-refractivity contribution in [2.24, 2.45) is 0 Å². The van der Waals surface area contributed by atoms with Crippen molar-refractivity contribution in [2.45, 2.75) is 0 Å². The fourth-order valence-electron chi connectivity index (χ4n) is 7.12. The highest BCUT2D eigenvalue weighted by atomic mass is 32.1.